The van der Waals surface area contributed by atoms with E-state index in [0.717, 1.165) is 28.5 Å². The van der Waals surface area contributed by atoms with Gasteiger partial charge in [-0.1, -0.05) is 84.0 Å². The van der Waals surface area contributed by atoms with Crippen LogP contribution in [-0.2, 0) is 30.9 Å². The molecule has 0 bridgehead atoms. The van der Waals surface area contributed by atoms with Crippen molar-refractivity contribution in [1.29, 1.82) is 0 Å². The Labute approximate surface area is 205 Å². The van der Waals surface area contributed by atoms with Crippen molar-refractivity contribution >= 4 is 0 Å². The van der Waals surface area contributed by atoms with Crippen LogP contribution in [0.25, 0.3) is 28.5 Å². The van der Waals surface area contributed by atoms with Crippen LogP contribution in [0.4, 0.5) is 0 Å². The van der Waals surface area contributed by atoms with Crippen LogP contribution in [0.15, 0.2) is 72.8 Å². The Morgan fingerprint density at radius 3 is 1.75 bits per heavy atom. The van der Waals surface area contributed by atoms with Gasteiger partial charge in [-0.15, -0.1) is 40.5 Å². The van der Waals surface area contributed by atoms with Gasteiger partial charge in [-0.3, -0.25) is 0 Å². The molecule has 32 heavy (non-hydrogen) atoms. The van der Waals surface area contributed by atoms with Crippen molar-refractivity contribution in [3.05, 3.63) is 90.0 Å². The van der Waals surface area contributed by atoms with Gasteiger partial charge in [0, 0.05) is 31.4 Å². The number of hydrogen-bond acceptors (Lipinski definition) is 2. The number of aromatic nitrogens is 3. The van der Waals surface area contributed by atoms with Crippen molar-refractivity contribution in [3.8, 4) is 28.5 Å². The summed E-state index contributed by atoms with van der Waals surface area (Å²) in [4.78, 5) is 0. The average molecular weight is 601 g/mol. The zero-order valence-corrected chi connectivity index (χ0v) is 22.0. The first kappa shape index (κ1) is 24.1. The summed E-state index contributed by atoms with van der Waals surface area (Å²) >= 11 is 0. The molecular weight excluding hydrogens is 571 g/mol. The van der Waals surface area contributed by atoms with Gasteiger partial charge >= 0.3 is 0 Å². The number of para-hydroxylation sites is 1. The van der Waals surface area contributed by atoms with E-state index in [1.165, 1.54) is 11.1 Å². The molecule has 0 unspecified atom stereocenters. The molecular formula is C28H30IrN3-. The summed E-state index contributed by atoms with van der Waals surface area (Å²) in [5, 5.41) is 9.18. The van der Waals surface area contributed by atoms with E-state index in [-0.39, 0.29) is 30.9 Å². The van der Waals surface area contributed by atoms with Crippen LogP contribution in [0, 0.1) is 6.07 Å². The maximum atomic E-state index is 4.60. The second-order valence-electron chi connectivity index (χ2n) is 10.1. The summed E-state index contributed by atoms with van der Waals surface area (Å²) in [5.41, 5.74) is 5.76. The van der Waals surface area contributed by atoms with Crippen LogP contribution in [0.2, 0.25) is 0 Å². The predicted molar refractivity (Wildman–Crippen MR) is 128 cm³/mol. The van der Waals surface area contributed by atoms with E-state index >= 15 is 0 Å². The first-order valence-electron chi connectivity index (χ1n) is 10.8. The summed E-state index contributed by atoms with van der Waals surface area (Å²) < 4.78 is 2.12. The minimum atomic E-state index is 0. The maximum absolute atomic E-state index is 4.60. The summed E-state index contributed by atoms with van der Waals surface area (Å²) in [6.07, 6.45) is 0. The molecule has 0 aliphatic heterocycles. The molecule has 0 amide bonds. The summed E-state index contributed by atoms with van der Waals surface area (Å²) in [6, 6.07) is 28.7. The number of benzene rings is 3. The van der Waals surface area contributed by atoms with Crippen LogP contribution in [0.1, 0.15) is 52.7 Å². The predicted octanol–water partition coefficient (Wildman–Crippen LogP) is 6.99. The van der Waals surface area contributed by atoms with Crippen LogP contribution in [0.3, 0.4) is 0 Å². The van der Waals surface area contributed by atoms with E-state index in [9.17, 15) is 0 Å². The first-order valence-corrected chi connectivity index (χ1v) is 10.8. The Hall–Kier alpha value is -2.55. The fourth-order valence-electron chi connectivity index (χ4n) is 3.62. The Morgan fingerprint density at radius 1 is 0.656 bits per heavy atom. The van der Waals surface area contributed by atoms with E-state index in [1.54, 1.807) is 0 Å². The largest absolute Gasteiger partial charge is 0.316 e. The van der Waals surface area contributed by atoms with Gasteiger partial charge in [0.15, 0.2) is 5.82 Å². The summed E-state index contributed by atoms with van der Waals surface area (Å²) in [5.74, 6) is 1.62. The molecule has 1 heterocycles. The molecule has 4 aromatic rings. The minimum Gasteiger partial charge on any atom is -0.316 e. The molecule has 0 spiro atoms. The van der Waals surface area contributed by atoms with Gasteiger partial charge in [0.25, 0.3) is 0 Å². The Bertz CT molecular complexity index is 1090. The van der Waals surface area contributed by atoms with Crippen molar-refractivity contribution in [3.63, 3.8) is 0 Å². The standard InChI is InChI=1S/C28H30N3.Ir/c1-27(2,3)22-16-12-20(13-17-22)25-29-30-26(31(25)24-10-8-7-9-11-24)21-14-18-23(19-15-21)28(4,5)6;/h7-14,16-19H,1-6H3;/q-1;. The van der Waals surface area contributed by atoms with Gasteiger partial charge in [-0.2, -0.15) is 5.10 Å². The van der Waals surface area contributed by atoms with Gasteiger partial charge < -0.3 is 4.57 Å². The molecule has 3 aromatic carbocycles. The molecule has 4 heteroatoms. The Morgan fingerprint density at radius 2 is 1.22 bits per heavy atom. The molecule has 0 atom stereocenters. The molecule has 0 N–H and O–H groups in total. The smallest absolute Gasteiger partial charge is 0.159 e. The molecule has 0 aliphatic carbocycles. The molecule has 0 saturated heterocycles. The zero-order chi connectivity index (χ0) is 22.2. The molecule has 1 aromatic heterocycles. The van der Waals surface area contributed by atoms with Crippen molar-refractivity contribution in [2.45, 2.75) is 52.4 Å². The van der Waals surface area contributed by atoms with E-state index in [4.69, 9.17) is 0 Å². The quantitative estimate of drug-likeness (QED) is 0.237. The normalized spacial score (nSPS) is 11.8. The first-order chi connectivity index (χ1) is 14.6. The summed E-state index contributed by atoms with van der Waals surface area (Å²) in [7, 11) is 0. The second-order valence-corrected chi connectivity index (χ2v) is 10.1. The zero-order valence-electron chi connectivity index (χ0n) is 19.6. The summed E-state index contributed by atoms with van der Waals surface area (Å²) in [6.45, 7) is 13.3. The third-order valence-electron chi connectivity index (χ3n) is 5.61. The molecule has 3 nitrogen and oxygen atoms in total. The second kappa shape index (κ2) is 9.13. The molecule has 0 saturated carbocycles. The SMILES string of the molecule is CC(C)(C)c1c[c-]c(-c2nnc(-c3ccc(C(C)(C)C)cc3)n2-c2ccccc2)cc1.[Ir]. The fraction of sp³-hybridized carbons (Fsp3) is 0.286. The van der Waals surface area contributed by atoms with Gasteiger partial charge in [-0.25, -0.2) is 0 Å². The Kier molecular flexibility index (Phi) is 6.88. The molecule has 167 valence electrons. The average Bonchev–Trinajstić information content (AvgIpc) is 3.18. The third-order valence-corrected chi connectivity index (χ3v) is 5.61. The van der Waals surface area contributed by atoms with Crippen molar-refractivity contribution < 1.29 is 20.1 Å². The van der Waals surface area contributed by atoms with Crippen LogP contribution < -0.4 is 0 Å². The fourth-order valence-corrected chi connectivity index (χ4v) is 3.62. The van der Waals surface area contributed by atoms with Gasteiger partial charge in [0.05, 0.1) is 5.82 Å². The van der Waals surface area contributed by atoms with Crippen LogP contribution in [0.5, 0.6) is 0 Å². The van der Waals surface area contributed by atoms with Crippen molar-refractivity contribution in [2.75, 3.05) is 0 Å². The third kappa shape index (κ3) is 4.92. The minimum absolute atomic E-state index is 0. The van der Waals surface area contributed by atoms with E-state index in [1.807, 2.05) is 18.2 Å². The maximum Gasteiger partial charge on any atom is 0.159 e. The Balaban J connectivity index is 0.00000289. The number of nitrogens with zero attached hydrogens (tertiary/aromatic N) is 3. The molecule has 0 aliphatic rings. The van der Waals surface area contributed by atoms with Gasteiger partial charge in [0.1, 0.15) is 0 Å². The monoisotopic (exact) mass is 601 g/mol. The molecule has 0 fully saturated rings. The number of rotatable bonds is 3. The van der Waals surface area contributed by atoms with E-state index < -0.39 is 0 Å². The van der Waals surface area contributed by atoms with Crippen molar-refractivity contribution in [1.82, 2.24) is 14.8 Å². The molecule has 1 radical (unpaired) electrons. The van der Waals surface area contributed by atoms with Crippen LogP contribution in [-0.4, -0.2) is 14.8 Å². The topological polar surface area (TPSA) is 30.7 Å². The van der Waals surface area contributed by atoms with Crippen LogP contribution >= 0.6 is 0 Å². The van der Waals surface area contributed by atoms with E-state index in [2.05, 4.69) is 117 Å². The molecule has 4 rings (SSSR count). The van der Waals surface area contributed by atoms with E-state index in [0.29, 0.717) is 0 Å². The van der Waals surface area contributed by atoms with Crippen molar-refractivity contribution in [2.24, 2.45) is 0 Å². The number of hydrogen-bond donors (Lipinski definition) is 0. The van der Waals surface area contributed by atoms with Gasteiger partial charge in [-0.05, 0) is 28.5 Å². The van der Waals surface area contributed by atoms with Gasteiger partial charge in [0.2, 0.25) is 0 Å².